The Balaban J connectivity index is 1.19. The topological polar surface area (TPSA) is 66.2 Å². The highest BCUT2D eigenvalue weighted by Crippen LogP contribution is 2.33. The number of piperazine rings is 1. The number of methoxy groups -OCH3 is 1. The van der Waals surface area contributed by atoms with E-state index in [2.05, 4.69) is 19.2 Å². The number of halogens is 1. The summed E-state index contributed by atoms with van der Waals surface area (Å²) in [6, 6.07) is 18.1. The molecule has 38 heavy (non-hydrogen) atoms. The highest BCUT2D eigenvalue weighted by molar-refractivity contribution is 6.30. The van der Waals surface area contributed by atoms with Gasteiger partial charge in [-0.15, -0.1) is 0 Å². The summed E-state index contributed by atoms with van der Waals surface area (Å²) in [4.78, 5) is 29.3. The molecule has 0 saturated carbocycles. The molecule has 2 aliphatic rings. The Morgan fingerprint density at radius 3 is 2.61 bits per heavy atom. The molecule has 6 rings (SSSR count). The van der Waals surface area contributed by atoms with Crippen LogP contribution in [0.25, 0.3) is 17.0 Å². The second-order valence-corrected chi connectivity index (χ2v) is 10.6. The molecule has 0 N–H and O–H groups in total. The first-order valence-corrected chi connectivity index (χ1v) is 13.3. The standard InChI is InChI=1S/C29H31ClN6O2/c1-33(16-20-5-3-6-25(15-20)38-2)29(37)36-23-11-12-24(36)18-34(17-23)19-26-27(21-7-9-22(30)10-8-21)32-28-31-13-4-14-35(26)28/h3-10,13-15,23-24H,11-12,16-19H2,1-2H3. The van der Waals surface area contributed by atoms with Gasteiger partial charge < -0.3 is 14.5 Å². The van der Waals surface area contributed by atoms with Gasteiger partial charge in [0.1, 0.15) is 5.75 Å². The third-order valence-corrected chi connectivity index (χ3v) is 7.90. The summed E-state index contributed by atoms with van der Waals surface area (Å²) >= 11 is 6.15. The molecule has 9 heteroatoms. The van der Waals surface area contributed by atoms with Crippen molar-refractivity contribution < 1.29 is 9.53 Å². The van der Waals surface area contributed by atoms with Crippen molar-refractivity contribution in [2.75, 3.05) is 27.2 Å². The minimum absolute atomic E-state index is 0.0980. The zero-order chi connectivity index (χ0) is 26.2. The zero-order valence-corrected chi connectivity index (χ0v) is 22.4. The molecule has 2 bridgehead atoms. The minimum Gasteiger partial charge on any atom is -0.497 e. The van der Waals surface area contributed by atoms with E-state index in [9.17, 15) is 4.79 Å². The minimum atomic E-state index is 0.0980. The van der Waals surface area contributed by atoms with Crippen molar-refractivity contribution in [1.82, 2.24) is 29.1 Å². The number of fused-ring (bicyclic) bond motifs is 3. The fourth-order valence-electron chi connectivity index (χ4n) is 5.88. The van der Waals surface area contributed by atoms with Crippen LogP contribution in [0.15, 0.2) is 67.0 Å². The van der Waals surface area contributed by atoms with Gasteiger partial charge in [-0.05, 0) is 48.7 Å². The van der Waals surface area contributed by atoms with Gasteiger partial charge in [0.05, 0.1) is 18.5 Å². The second kappa shape index (κ2) is 10.3. The number of ether oxygens (including phenoxy) is 1. The maximum Gasteiger partial charge on any atom is 0.320 e. The lowest BCUT2D eigenvalue weighted by atomic mass is 10.1. The number of imidazole rings is 1. The van der Waals surface area contributed by atoms with Gasteiger partial charge in [-0.2, -0.15) is 0 Å². The van der Waals surface area contributed by atoms with E-state index in [4.69, 9.17) is 21.3 Å². The summed E-state index contributed by atoms with van der Waals surface area (Å²) in [6.07, 6.45) is 5.84. The van der Waals surface area contributed by atoms with Gasteiger partial charge in [-0.1, -0.05) is 35.9 Å². The third-order valence-electron chi connectivity index (χ3n) is 7.65. The quantitative estimate of drug-likeness (QED) is 0.352. The lowest BCUT2D eigenvalue weighted by molar-refractivity contribution is 0.0677. The van der Waals surface area contributed by atoms with E-state index < -0.39 is 0 Å². The van der Waals surface area contributed by atoms with Crippen molar-refractivity contribution in [2.24, 2.45) is 0 Å². The summed E-state index contributed by atoms with van der Waals surface area (Å²) in [5, 5.41) is 0.700. The van der Waals surface area contributed by atoms with Crippen LogP contribution in [0, 0.1) is 0 Å². The monoisotopic (exact) mass is 530 g/mol. The summed E-state index contributed by atoms with van der Waals surface area (Å²) in [5.41, 5.74) is 4.10. The van der Waals surface area contributed by atoms with Crippen LogP contribution in [-0.2, 0) is 13.1 Å². The van der Waals surface area contributed by atoms with Gasteiger partial charge in [-0.3, -0.25) is 9.30 Å². The number of likely N-dealkylation sites (tertiary alicyclic amines) is 1. The molecule has 0 aliphatic carbocycles. The van der Waals surface area contributed by atoms with E-state index >= 15 is 0 Å². The molecule has 0 spiro atoms. The normalized spacial score (nSPS) is 19.2. The second-order valence-electron chi connectivity index (χ2n) is 10.2. The smallest absolute Gasteiger partial charge is 0.320 e. The van der Waals surface area contributed by atoms with E-state index in [1.165, 1.54) is 0 Å². The molecule has 2 aromatic heterocycles. The Morgan fingerprint density at radius 1 is 1.11 bits per heavy atom. The number of nitrogens with zero attached hydrogens (tertiary/aromatic N) is 6. The Bertz CT molecular complexity index is 1440. The van der Waals surface area contributed by atoms with Crippen LogP contribution in [0.5, 0.6) is 5.75 Å². The van der Waals surface area contributed by atoms with Crippen molar-refractivity contribution in [2.45, 2.75) is 38.0 Å². The van der Waals surface area contributed by atoms with E-state index in [0.717, 1.165) is 60.7 Å². The Labute approximate surface area is 227 Å². The number of hydrogen-bond donors (Lipinski definition) is 0. The number of carbonyl (C=O) groups excluding carboxylic acids is 1. The van der Waals surface area contributed by atoms with E-state index in [0.29, 0.717) is 17.3 Å². The SMILES string of the molecule is COc1cccc(CN(C)C(=O)N2C3CCC2CN(Cc2c(-c4ccc(Cl)cc4)nc4ncccn24)C3)c1. The van der Waals surface area contributed by atoms with E-state index in [1.807, 2.05) is 72.7 Å². The highest BCUT2D eigenvalue weighted by Gasteiger charge is 2.43. The van der Waals surface area contributed by atoms with Crippen LogP contribution in [0.1, 0.15) is 24.1 Å². The molecule has 2 amide bonds. The summed E-state index contributed by atoms with van der Waals surface area (Å²) < 4.78 is 7.42. The predicted octanol–water partition coefficient (Wildman–Crippen LogP) is 4.96. The number of hydrogen-bond acceptors (Lipinski definition) is 5. The van der Waals surface area contributed by atoms with E-state index in [1.54, 1.807) is 13.3 Å². The number of amides is 2. The van der Waals surface area contributed by atoms with Crippen molar-refractivity contribution in [3.8, 4) is 17.0 Å². The average molecular weight is 531 g/mol. The zero-order valence-electron chi connectivity index (χ0n) is 21.6. The first-order chi connectivity index (χ1) is 18.5. The van der Waals surface area contributed by atoms with Crippen molar-refractivity contribution >= 4 is 23.4 Å². The Hall–Kier alpha value is -3.62. The molecular weight excluding hydrogens is 500 g/mol. The molecule has 2 fully saturated rings. The van der Waals surface area contributed by atoms with E-state index in [-0.39, 0.29) is 18.1 Å². The van der Waals surface area contributed by atoms with Crippen LogP contribution >= 0.6 is 11.6 Å². The molecule has 4 aromatic rings. The fraction of sp³-hybridized carbons (Fsp3) is 0.345. The average Bonchev–Trinajstić information content (AvgIpc) is 3.42. The van der Waals surface area contributed by atoms with Crippen molar-refractivity contribution in [3.05, 3.63) is 83.3 Å². The van der Waals surface area contributed by atoms with Gasteiger partial charge in [0, 0.05) is 68.3 Å². The number of benzene rings is 2. The highest BCUT2D eigenvalue weighted by atomic mass is 35.5. The maximum atomic E-state index is 13.6. The predicted molar refractivity (Wildman–Crippen MR) is 147 cm³/mol. The largest absolute Gasteiger partial charge is 0.497 e. The van der Waals surface area contributed by atoms with Crippen molar-refractivity contribution in [1.29, 1.82) is 0 Å². The molecule has 2 aliphatic heterocycles. The molecule has 8 nitrogen and oxygen atoms in total. The third kappa shape index (κ3) is 4.70. The van der Waals surface area contributed by atoms with Gasteiger partial charge in [-0.25, -0.2) is 14.8 Å². The van der Waals surface area contributed by atoms with Gasteiger partial charge >= 0.3 is 6.03 Å². The molecule has 0 radical (unpaired) electrons. The lowest BCUT2D eigenvalue weighted by Crippen LogP contribution is -2.58. The molecular formula is C29H31ClN6O2. The summed E-state index contributed by atoms with van der Waals surface area (Å²) in [5.74, 6) is 1.49. The molecule has 2 saturated heterocycles. The molecule has 4 heterocycles. The van der Waals surface area contributed by atoms with Crippen LogP contribution in [0.2, 0.25) is 5.02 Å². The maximum absolute atomic E-state index is 13.6. The van der Waals surface area contributed by atoms with Crippen LogP contribution < -0.4 is 4.74 Å². The van der Waals surface area contributed by atoms with Crippen LogP contribution in [0.3, 0.4) is 0 Å². The number of rotatable bonds is 6. The molecule has 2 atom stereocenters. The van der Waals surface area contributed by atoms with Crippen molar-refractivity contribution in [3.63, 3.8) is 0 Å². The molecule has 2 unspecified atom stereocenters. The first kappa shape index (κ1) is 24.7. The van der Waals surface area contributed by atoms with Gasteiger partial charge in [0.25, 0.3) is 0 Å². The van der Waals surface area contributed by atoms with Crippen LogP contribution in [-0.4, -0.2) is 74.4 Å². The summed E-state index contributed by atoms with van der Waals surface area (Å²) in [7, 11) is 3.55. The number of urea groups is 1. The lowest BCUT2D eigenvalue weighted by Gasteiger charge is -2.42. The summed E-state index contributed by atoms with van der Waals surface area (Å²) in [6.45, 7) is 2.96. The van der Waals surface area contributed by atoms with Crippen LogP contribution in [0.4, 0.5) is 4.79 Å². The fourth-order valence-corrected chi connectivity index (χ4v) is 6.00. The molecule has 196 valence electrons. The Morgan fingerprint density at radius 2 is 1.87 bits per heavy atom. The number of aromatic nitrogens is 3. The van der Waals surface area contributed by atoms with Gasteiger partial charge in [0.2, 0.25) is 5.78 Å². The molecule has 2 aromatic carbocycles. The van der Waals surface area contributed by atoms with Gasteiger partial charge in [0.15, 0.2) is 0 Å². The number of carbonyl (C=O) groups is 1. The first-order valence-electron chi connectivity index (χ1n) is 13.0. The Kier molecular flexibility index (Phi) is 6.68.